The van der Waals surface area contributed by atoms with Gasteiger partial charge in [-0.1, -0.05) is 40.2 Å². The van der Waals surface area contributed by atoms with Crippen LogP contribution >= 0.6 is 15.9 Å². The van der Waals surface area contributed by atoms with E-state index in [1.807, 2.05) is 48.5 Å². The lowest BCUT2D eigenvalue weighted by molar-refractivity contribution is 0.414. The van der Waals surface area contributed by atoms with E-state index in [0.717, 1.165) is 21.3 Å². The third-order valence-electron chi connectivity index (χ3n) is 2.66. The fourth-order valence-corrected chi connectivity index (χ4v) is 2.14. The average Bonchev–Trinajstić information content (AvgIpc) is 2.38. The summed E-state index contributed by atoms with van der Waals surface area (Å²) in [4.78, 5) is 0. The Hall–Kier alpha value is -1.32. The van der Waals surface area contributed by atoms with Crippen molar-refractivity contribution in [2.45, 2.75) is 6.04 Å². The standard InChI is InChI=1S/C14H14BrNO/c1-17-13-7-3-5-11(9-13)14(16)10-4-2-6-12(15)8-10/h2-9,14H,16H2,1H3/t14-/m0/s1. The third-order valence-corrected chi connectivity index (χ3v) is 3.15. The number of hydrogen-bond donors (Lipinski definition) is 1. The van der Waals surface area contributed by atoms with E-state index in [4.69, 9.17) is 10.5 Å². The molecule has 3 heteroatoms. The van der Waals surface area contributed by atoms with Crippen molar-refractivity contribution in [1.29, 1.82) is 0 Å². The van der Waals surface area contributed by atoms with Gasteiger partial charge in [0.15, 0.2) is 0 Å². The van der Waals surface area contributed by atoms with Crippen molar-refractivity contribution in [3.63, 3.8) is 0 Å². The Labute approximate surface area is 110 Å². The molecule has 0 fully saturated rings. The molecule has 0 aliphatic rings. The van der Waals surface area contributed by atoms with Crippen molar-refractivity contribution in [3.05, 3.63) is 64.1 Å². The first kappa shape index (κ1) is 12.1. The zero-order chi connectivity index (χ0) is 12.3. The smallest absolute Gasteiger partial charge is 0.119 e. The molecular formula is C14H14BrNO. The van der Waals surface area contributed by atoms with Crippen LogP contribution in [-0.2, 0) is 0 Å². The van der Waals surface area contributed by atoms with Crippen LogP contribution in [0.4, 0.5) is 0 Å². The maximum absolute atomic E-state index is 6.23. The van der Waals surface area contributed by atoms with Gasteiger partial charge in [-0.15, -0.1) is 0 Å². The molecule has 2 N–H and O–H groups in total. The summed E-state index contributed by atoms with van der Waals surface area (Å²) in [5.41, 5.74) is 8.35. The molecule has 0 bridgehead atoms. The average molecular weight is 292 g/mol. The van der Waals surface area contributed by atoms with E-state index in [1.165, 1.54) is 0 Å². The summed E-state index contributed by atoms with van der Waals surface area (Å²) in [5, 5.41) is 0. The van der Waals surface area contributed by atoms with Crippen LogP contribution in [0.15, 0.2) is 53.0 Å². The minimum Gasteiger partial charge on any atom is -0.497 e. The highest BCUT2D eigenvalue weighted by molar-refractivity contribution is 9.10. The van der Waals surface area contributed by atoms with Crippen LogP contribution in [-0.4, -0.2) is 7.11 Å². The van der Waals surface area contributed by atoms with Crippen molar-refractivity contribution in [3.8, 4) is 5.75 Å². The molecule has 88 valence electrons. The molecule has 0 aliphatic carbocycles. The normalized spacial score (nSPS) is 12.2. The van der Waals surface area contributed by atoms with E-state index in [9.17, 15) is 0 Å². The molecule has 2 aromatic carbocycles. The van der Waals surface area contributed by atoms with Crippen molar-refractivity contribution < 1.29 is 4.74 Å². The van der Waals surface area contributed by atoms with Gasteiger partial charge in [-0.2, -0.15) is 0 Å². The highest BCUT2D eigenvalue weighted by Gasteiger charge is 2.09. The molecule has 0 saturated heterocycles. The Kier molecular flexibility index (Phi) is 3.82. The van der Waals surface area contributed by atoms with Gasteiger partial charge in [0.2, 0.25) is 0 Å². The predicted molar refractivity (Wildman–Crippen MR) is 73.2 cm³/mol. The molecule has 1 atom stereocenters. The number of halogens is 1. The Balaban J connectivity index is 2.33. The molecule has 0 heterocycles. The van der Waals surface area contributed by atoms with Crippen LogP contribution in [0, 0.1) is 0 Å². The van der Waals surface area contributed by atoms with Crippen LogP contribution in [0.25, 0.3) is 0 Å². The summed E-state index contributed by atoms with van der Waals surface area (Å²) < 4.78 is 6.24. The van der Waals surface area contributed by atoms with Crippen molar-refractivity contribution in [2.24, 2.45) is 5.73 Å². The van der Waals surface area contributed by atoms with Crippen molar-refractivity contribution in [1.82, 2.24) is 0 Å². The summed E-state index contributed by atoms with van der Waals surface area (Å²) in [6, 6.07) is 15.7. The Morgan fingerprint density at radius 3 is 2.35 bits per heavy atom. The molecular weight excluding hydrogens is 278 g/mol. The first-order valence-electron chi connectivity index (χ1n) is 5.35. The first-order valence-corrected chi connectivity index (χ1v) is 6.15. The van der Waals surface area contributed by atoms with E-state index in [2.05, 4.69) is 15.9 Å². The summed E-state index contributed by atoms with van der Waals surface area (Å²) >= 11 is 3.45. The van der Waals surface area contributed by atoms with E-state index in [0.29, 0.717) is 0 Å². The Bertz CT molecular complexity index is 513. The second kappa shape index (κ2) is 5.34. The van der Waals surface area contributed by atoms with E-state index in [-0.39, 0.29) is 6.04 Å². The largest absolute Gasteiger partial charge is 0.497 e. The summed E-state index contributed by atoms with van der Waals surface area (Å²) in [7, 11) is 1.66. The monoisotopic (exact) mass is 291 g/mol. The van der Waals surface area contributed by atoms with Crippen LogP contribution in [0.3, 0.4) is 0 Å². The lowest BCUT2D eigenvalue weighted by Gasteiger charge is -2.13. The molecule has 0 aliphatic heterocycles. The number of rotatable bonds is 3. The number of benzene rings is 2. The number of nitrogens with two attached hydrogens (primary N) is 1. The minimum absolute atomic E-state index is 0.136. The van der Waals surface area contributed by atoms with Crippen molar-refractivity contribution >= 4 is 15.9 Å². The van der Waals surface area contributed by atoms with Crippen LogP contribution in [0.2, 0.25) is 0 Å². The molecule has 0 aromatic heterocycles. The molecule has 2 nitrogen and oxygen atoms in total. The summed E-state index contributed by atoms with van der Waals surface area (Å²) in [5.74, 6) is 0.827. The molecule has 0 amide bonds. The number of methoxy groups -OCH3 is 1. The Morgan fingerprint density at radius 2 is 1.71 bits per heavy atom. The van der Waals surface area contributed by atoms with E-state index in [1.54, 1.807) is 7.11 Å². The van der Waals surface area contributed by atoms with E-state index >= 15 is 0 Å². The number of ether oxygens (including phenoxy) is 1. The molecule has 0 unspecified atom stereocenters. The maximum atomic E-state index is 6.23. The second-order valence-electron chi connectivity index (χ2n) is 3.81. The predicted octanol–water partition coefficient (Wildman–Crippen LogP) is 3.51. The zero-order valence-electron chi connectivity index (χ0n) is 9.56. The molecule has 2 aromatic rings. The van der Waals surface area contributed by atoms with Crippen LogP contribution < -0.4 is 10.5 Å². The van der Waals surface area contributed by atoms with Crippen LogP contribution in [0.5, 0.6) is 5.75 Å². The van der Waals surface area contributed by atoms with Gasteiger partial charge in [-0.25, -0.2) is 0 Å². The van der Waals surface area contributed by atoms with Gasteiger partial charge in [0, 0.05) is 4.47 Å². The quantitative estimate of drug-likeness (QED) is 0.939. The maximum Gasteiger partial charge on any atom is 0.119 e. The minimum atomic E-state index is -0.136. The molecule has 17 heavy (non-hydrogen) atoms. The summed E-state index contributed by atoms with van der Waals surface area (Å²) in [6.45, 7) is 0. The van der Waals surface area contributed by atoms with Crippen molar-refractivity contribution in [2.75, 3.05) is 7.11 Å². The highest BCUT2D eigenvalue weighted by Crippen LogP contribution is 2.24. The van der Waals surface area contributed by atoms with Gasteiger partial charge < -0.3 is 10.5 Å². The van der Waals surface area contributed by atoms with Gasteiger partial charge in [-0.05, 0) is 35.4 Å². The number of hydrogen-bond acceptors (Lipinski definition) is 2. The fourth-order valence-electron chi connectivity index (χ4n) is 1.73. The first-order chi connectivity index (χ1) is 8.20. The highest BCUT2D eigenvalue weighted by atomic mass is 79.9. The molecule has 2 rings (SSSR count). The van der Waals surface area contributed by atoms with Gasteiger partial charge in [0.1, 0.15) is 5.75 Å². The summed E-state index contributed by atoms with van der Waals surface area (Å²) in [6.07, 6.45) is 0. The van der Waals surface area contributed by atoms with Gasteiger partial charge in [0.05, 0.1) is 13.2 Å². The molecule has 0 radical (unpaired) electrons. The van der Waals surface area contributed by atoms with Crippen LogP contribution in [0.1, 0.15) is 17.2 Å². The molecule has 0 spiro atoms. The van der Waals surface area contributed by atoms with Gasteiger partial charge in [-0.3, -0.25) is 0 Å². The zero-order valence-corrected chi connectivity index (χ0v) is 11.1. The topological polar surface area (TPSA) is 35.2 Å². The van der Waals surface area contributed by atoms with Gasteiger partial charge >= 0.3 is 0 Å². The van der Waals surface area contributed by atoms with Gasteiger partial charge in [0.25, 0.3) is 0 Å². The fraction of sp³-hybridized carbons (Fsp3) is 0.143. The Morgan fingerprint density at radius 1 is 1.06 bits per heavy atom. The second-order valence-corrected chi connectivity index (χ2v) is 4.72. The molecule has 0 saturated carbocycles. The third kappa shape index (κ3) is 2.87. The lowest BCUT2D eigenvalue weighted by Crippen LogP contribution is -2.11. The van der Waals surface area contributed by atoms with E-state index < -0.39 is 0 Å². The SMILES string of the molecule is COc1cccc([C@@H](N)c2cccc(Br)c2)c1. The lowest BCUT2D eigenvalue weighted by atomic mass is 10.00.